The average Bonchev–Trinajstić information content (AvgIpc) is 3.03. The highest BCUT2D eigenvalue weighted by molar-refractivity contribution is 7.89. The molecule has 1 aliphatic rings. The third-order valence-electron chi connectivity index (χ3n) is 2.85. The van der Waals surface area contributed by atoms with Crippen molar-refractivity contribution in [3.05, 3.63) is 23.8 Å². The number of aliphatic hydroxyl groups excluding tert-OH is 1. The number of aliphatic hydroxyl groups is 1. The average molecular weight is 278 g/mol. The molecule has 2 rings (SSSR count). The number of anilines is 1. The van der Waals surface area contributed by atoms with Gasteiger partial charge >= 0.3 is 0 Å². The lowest BCUT2D eigenvalue weighted by molar-refractivity contribution is 0.246. The van der Waals surface area contributed by atoms with Crippen LogP contribution >= 0.6 is 0 Å². The van der Waals surface area contributed by atoms with E-state index in [9.17, 15) is 17.2 Å². The van der Waals surface area contributed by atoms with Gasteiger partial charge in [0.15, 0.2) is 0 Å². The number of halogens is 2. The van der Waals surface area contributed by atoms with Gasteiger partial charge in [0.2, 0.25) is 10.0 Å². The predicted octanol–water partition coefficient (Wildman–Crippen LogP) is 0.350. The molecule has 1 saturated carbocycles. The molecule has 0 radical (unpaired) electrons. The van der Waals surface area contributed by atoms with Crippen molar-refractivity contribution >= 4 is 15.7 Å². The largest absolute Gasteiger partial charge is 0.396 e. The zero-order valence-electron chi connectivity index (χ0n) is 9.28. The van der Waals surface area contributed by atoms with Crippen molar-refractivity contribution in [2.45, 2.75) is 23.3 Å². The summed E-state index contributed by atoms with van der Waals surface area (Å²) in [5, 5.41) is 9.03. The topological polar surface area (TPSA) is 92.4 Å². The van der Waals surface area contributed by atoms with Crippen LogP contribution in [-0.4, -0.2) is 25.7 Å². The van der Waals surface area contributed by atoms with E-state index in [1.54, 1.807) is 0 Å². The van der Waals surface area contributed by atoms with Crippen LogP contribution in [0.3, 0.4) is 0 Å². The van der Waals surface area contributed by atoms with E-state index in [1.165, 1.54) is 0 Å². The summed E-state index contributed by atoms with van der Waals surface area (Å²) in [6, 6.07) is 1.14. The van der Waals surface area contributed by atoms with E-state index in [4.69, 9.17) is 10.8 Å². The molecule has 0 saturated heterocycles. The number of rotatable bonds is 4. The van der Waals surface area contributed by atoms with Crippen molar-refractivity contribution in [3.63, 3.8) is 0 Å². The van der Waals surface area contributed by atoms with Crippen molar-refractivity contribution in [1.82, 2.24) is 4.72 Å². The number of benzene rings is 1. The first kappa shape index (κ1) is 13.2. The molecule has 0 unspecified atom stereocenters. The number of nitrogens with two attached hydrogens (primary N) is 1. The van der Waals surface area contributed by atoms with Crippen molar-refractivity contribution in [2.24, 2.45) is 0 Å². The van der Waals surface area contributed by atoms with Gasteiger partial charge < -0.3 is 10.8 Å². The number of hydrogen-bond acceptors (Lipinski definition) is 4. The Morgan fingerprint density at radius 1 is 1.33 bits per heavy atom. The first-order chi connectivity index (χ1) is 8.30. The molecule has 5 nitrogen and oxygen atoms in total. The van der Waals surface area contributed by atoms with Crippen LogP contribution in [0.25, 0.3) is 0 Å². The Kier molecular flexibility index (Phi) is 3.04. The second-order valence-electron chi connectivity index (χ2n) is 4.35. The lowest BCUT2D eigenvalue weighted by Crippen LogP contribution is -2.39. The number of sulfonamides is 1. The summed E-state index contributed by atoms with van der Waals surface area (Å²) in [6.07, 6.45) is 0.946. The zero-order chi connectivity index (χ0) is 13.6. The van der Waals surface area contributed by atoms with Crippen LogP contribution in [0.4, 0.5) is 14.5 Å². The number of nitrogen functional groups attached to an aromatic ring is 1. The molecule has 1 aromatic rings. The maximum absolute atomic E-state index is 13.4. The fourth-order valence-corrected chi connectivity index (χ4v) is 3.08. The van der Waals surface area contributed by atoms with E-state index < -0.39 is 37.8 Å². The highest BCUT2D eigenvalue weighted by atomic mass is 32.2. The third kappa shape index (κ3) is 2.31. The van der Waals surface area contributed by atoms with Crippen molar-refractivity contribution in [2.75, 3.05) is 12.3 Å². The van der Waals surface area contributed by atoms with E-state index in [0.717, 1.165) is 6.07 Å². The maximum Gasteiger partial charge on any atom is 0.244 e. The second-order valence-corrected chi connectivity index (χ2v) is 6.00. The number of hydrogen-bond donors (Lipinski definition) is 3. The molecule has 0 amide bonds. The Hall–Kier alpha value is -1.25. The Morgan fingerprint density at radius 3 is 2.44 bits per heavy atom. The van der Waals surface area contributed by atoms with E-state index in [-0.39, 0.29) is 6.61 Å². The highest BCUT2D eigenvalue weighted by Gasteiger charge is 2.46. The lowest BCUT2D eigenvalue weighted by atomic mass is 10.3. The summed E-state index contributed by atoms with van der Waals surface area (Å²) in [5.74, 6) is -2.24. The van der Waals surface area contributed by atoms with Gasteiger partial charge in [0.25, 0.3) is 0 Å². The van der Waals surface area contributed by atoms with Crippen LogP contribution in [0.2, 0.25) is 0 Å². The summed E-state index contributed by atoms with van der Waals surface area (Å²) >= 11 is 0. The van der Waals surface area contributed by atoms with E-state index in [1.807, 2.05) is 0 Å². The smallest absolute Gasteiger partial charge is 0.244 e. The Morgan fingerprint density at radius 2 is 1.94 bits per heavy atom. The fourth-order valence-electron chi connectivity index (χ4n) is 1.53. The highest BCUT2D eigenvalue weighted by Crippen LogP contribution is 2.36. The van der Waals surface area contributed by atoms with Crippen LogP contribution in [0.1, 0.15) is 12.8 Å². The van der Waals surface area contributed by atoms with Crippen molar-refractivity contribution < 1.29 is 22.3 Å². The minimum Gasteiger partial charge on any atom is -0.396 e. The molecule has 1 aliphatic carbocycles. The van der Waals surface area contributed by atoms with Gasteiger partial charge in [-0.05, 0) is 18.9 Å². The van der Waals surface area contributed by atoms with Crippen LogP contribution in [0.5, 0.6) is 0 Å². The van der Waals surface area contributed by atoms with Gasteiger partial charge in [0.1, 0.15) is 16.5 Å². The predicted molar refractivity (Wildman–Crippen MR) is 60.1 cm³/mol. The van der Waals surface area contributed by atoms with Gasteiger partial charge in [-0.15, -0.1) is 0 Å². The second kappa shape index (κ2) is 4.15. The van der Waals surface area contributed by atoms with Crippen molar-refractivity contribution in [3.8, 4) is 0 Å². The van der Waals surface area contributed by atoms with Crippen LogP contribution in [-0.2, 0) is 10.0 Å². The Labute approximate surface area is 103 Å². The normalized spacial score (nSPS) is 17.7. The first-order valence-corrected chi connectivity index (χ1v) is 6.67. The van der Waals surface area contributed by atoms with Gasteiger partial charge in [0, 0.05) is 6.07 Å². The van der Waals surface area contributed by atoms with Crippen LogP contribution < -0.4 is 10.5 Å². The van der Waals surface area contributed by atoms with Gasteiger partial charge in [-0.3, -0.25) is 0 Å². The molecule has 0 spiro atoms. The molecule has 18 heavy (non-hydrogen) atoms. The fraction of sp³-hybridized carbons (Fsp3) is 0.400. The SMILES string of the molecule is Nc1cc(S(=O)(=O)NC2(CO)CC2)c(F)cc1F. The van der Waals surface area contributed by atoms with Gasteiger partial charge in [-0.2, -0.15) is 0 Å². The summed E-state index contributed by atoms with van der Waals surface area (Å²) in [6.45, 7) is -0.371. The van der Waals surface area contributed by atoms with Gasteiger partial charge in [0.05, 0.1) is 17.8 Å². The minimum atomic E-state index is -4.17. The summed E-state index contributed by atoms with van der Waals surface area (Å²) in [7, 11) is -4.17. The molecule has 4 N–H and O–H groups in total. The number of nitrogens with one attached hydrogen (secondary N) is 1. The maximum atomic E-state index is 13.4. The molecule has 0 aliphatic heterocycles. The monoisotopic (exact) mass is 278 g/mol. The van der Waals surface area contributed by atoms with Crippen LogP contribution in [0, 0.1) is 11.6 Å². The Bertz CT molecular complexity index is 585. The van der Waals surface area contributed by atoms with Crippen LogP contribution in [0.15, 0.2) is 17.0 Å². The summed E-state index contributed by atoms with van der Waals surface area (Å²) < 4.78 is 52.4. The summed E-state index contributed by atoms with van der Waals surface area (Å²) in [4.78, 5) is -0.721. The molecule has 1 fully saturated rings. The molecular formula is C10H12F2N2O3S. The van der Waals surface area contributed by atoms with E-state index in [2.05, 4.69) is 4.72 Å². The lowest BCUT2D eigenvalue weighted by Gasteiger charge is -2.15. The molecule has 0 bridgehead atoms. The zero-order valence-corrected chi connectivity index (χ0v) is 10.1. The molecule has 100 valence electrons. The molecule has 8 heteroatoms. The molecule has 0 aromatic heterocycles. The quantitative estimate of drug-likeness (QED) is 0.693. The van der Waals surface area contributed by atoms with E-state index >= 15 is 0 Å². The molecule has 1 aromatic carbocycles. The molecular weight excluding hydrogens is 266 g/mol. The standard InChI is InChI=1S/C10H12F2N2O3S/c11-6-3-7(12)9(4-8(6)13)18(16,17)14-10(5-15)1-2-10/h3-4,14-15H,1-2,5,13H2. The van der Waals surface area contributed by atoms with Crippen molar-refractivity contribution in [1.29, 1.82) is 0 Å². The minimum absolute atomic E-state index is 0.371. The Balaban J connectivity index is 2.39. The first-order valence-electron chi connectivity index (χ1n) is 5.19. The van der Waals surface area contributed by atoms with Gasteiger partial charge in [-0.1, -0.05) is 0 Å². The molecule has 0 heterocycles. The summed E-state index contributed by atoms with van der Waals surface area (Å²) in [5.41, 5.74) is 3.84. The van der Waals surface area contributed by atoms with E-state index in [0.29, 0.717) is 18.9 Å². The third-order valence-corrected chi connectivity index (χ3v) is 4.44. The molecule has 0 atom stereocenters. The van der Waals surface area contributed by atoms with Gasteiger partial charge in [-0.25, -0.2) is 21.9 Å².